The Morgan fingerprint density at radius 1 is 1.18 bits per heavy atom. The molecular formula is C24H30F3N3O3. The molecule has 33 heavy (non-hydrogen) atoms. The number of benzene rings is 1. The van der Waals surface area contributed by atoms with E-state index < -0.39 is 23.6 Å². The van der Waals surface area contributed by atoms with Gasteiger partial charge in [-0.05, 0) is 38.0 Å². The zero-order valence-corrected chi connectivity index (χ0v) is 18.7. The van der Waals surface area contributed by atoms with E-state index >= 15 is 0 Å². The van der Waals surface area contributed by atoms with Gasteiger partial charge in [0.2, 0.25) is 5.91 Å². The molecule has 1 heterocycles. The molecule has 6 nitrogen and oxygen atoms in total. The van der Waals surface area contributed by atoms with Crippen molar-refractivity contribution in [2.45, 2.75) is 63.4 Å². The highest BCUT2D eigenvalue weighted by Gasteiger charge is 2.38. The number of nitrogens with zero attached hydrogens (tertiary/aromatic N) is 1. The first-order valence-corrected chi connectivity index (χ1v) is 11.3. The zero-order chi connectivity index (χ0) is 23.8. The normalized spacial score (nSPS) is 21.8. The van der Waals surface area contributed by atoms with Crippen LogP contribution in [0.1, 0.15) is 54.9 Å². The van der Waals surface area contributed by atoms with Crippen LogP contribution in [0.2, 0.25) is 0 Å². The Bertz CT molecular complexity index is 888. The SMILES string of the molecule is CC#CCO[C@H]1CN(C2CCCCC2)C[C@@H]1NC(=O)CNC(=O)c1cccc(C(F)(F)F)c1. The smallest absolute Gasteiger partial charge is 0.362 e. The van der Waals surface area contributed by atoms with Crippen molar-refractivity contribution in [3.05, 3.63) is 35.4 Å². The van der Waals surface area contributed by atoms with Gasteiger partial charge in [-0.25, -0.2) is 0 Å². The number of likely N-dealkylation sites (tertiary alicyclic amines) is 1. The van der Waals surface area contributed by atoms with Crippen molar-refractivity contribution in [2.75, 3.05) is 26.2 Å². The van der Waals surface area contributed by atoms with Crippen molar-refractivity contribution >= 4 is 11.8 Å². The van der Waals surface area contributed by atoms with E-state index in [2.05, 4.69) is 27.4 Å². The summed E-state index contributed by atoms with van der Waals surface area (Å²) in [5.74, 6) is 4.51. The molecule has 1 aromatic carbocycles. The van der Waals surface area contributed by atoms with E-state index in [1.165, 1.54) is 25.3 Å². The fraction of sp³-hybridized carbons (Fsp3) is 0.583. The molecule has 2 fully saturated rings. The number of carbonyl (C=O) groups excluding carboxylic acids is 2. The molecule has 3 rings (SSSR count). The van der Waals surface area contributed by atoms with Crippen molar-refractivity contribution < 1.29 is 27.5 Å². The lowest BCUT2D eigenvalue weighted by molar-refractivity contribution is -0.137. The second-order valence-corrected chi connectivity index (χ2v) is 8.46. The lowest BCUT2D eigenvalue weighted by Gasteiger charge is -2.30. The summed E-state index contributed by atoms with van der Waals surface area (Å²) in [6.07, 6.45) is 1.17. The summed E-state index contributed by atoms with van der Waals surface area (Å²) in [6.45, 7) is 3.04. The number of hydrogen-bond acceptors (Lipinski definition) is 4. The zero-order valence-electron chi connectivity index (χ0n) is 18.7. The van der Waals surface area contributed by atoms with Gasteiger partial charge < -0.3 is 15.4 Å². The number of nitrogens with one attached hydrogen (secondary N) is 2. The monoisotopic (exact) mass is 465 g/mol. The van der Waals surface area contributed by atoms with Crippen LogP contribution >= 0.6 is 0 Å². The van der Waals surface area contributed by atoms with Crippen molar-refractivity contribution in [3.8, 4) is 11.8 Å². The molecule has 0 aromatic heterocycles. The molecule has 0 bridgehead atoms. The third kappa shape index (κ3) is 7.21. The van der Waals surface area contributed by atoms with Gasteiger partial charge in [0.25, 0.3) is 5.91 Å². The maximum atomic E-state index is 12.9. The number of ether oxygens (including phenoxy) is 1. The Labute approximate surface area is 192 Å². The van der Waals surface area contributed by atoms with Crippen LogP contribution in [0.4, 0.5) is 13.2 Å². The van der Waals surface area contributed by atoms with Crippen LogP contribution in [-0.2, 0) is 15.7 Å². The van der Waals surface area contributed by atoms with Gasteiger partial charge in [0, 0.05) is 24.7 Å². The first kappa shape index (κ1) is 25.1. The molecule has 9 heteroatoms. The molecule has 1 aliphatic carbocycles. The number of carbonyl (C=O) groups is 2. The van der Waals surface area contributed by atoms with Gasteiger partial charge >= 0.3 is 6.18 Å². The van der Waals surface area contributed by atoms with Crippen molar-refractivity contribution in [1.82, 2.24) is 15.5 Å². The van der Waals surface area contributed by atoms with Gasteiger partial charge in [-0.1, -0.05) is 31.2 Å². The molecule has 0 unspecified atom stereocenters. The predicted octanol–water partition coefficient (Wildman–Crippen LogP) is 2.98. The van der Waals surface area contributed by atoms with E-state index in [1.54, 1.807) is 6.92 Å². The van der Waals surface area contributed by atoms with Crippen LogP contribution < -0.4 is 10.6 Å². The van der Waals surface area contributed by atoms with Crippen molar-refractivity contribution in [1.29, 1.82) is 0 Å². The summed E-state index contributed by atoms with van der Waals surface area (Å²) in [5, 5.41) is 5.32. The second kappa shape index (κ2) is 11.5. The van der Waals surface area contributed by atoms with E-state index in [0.29, 0.717) is 19.1 Å². The van der Waals surface area contributed by atoms with E-state index in [4.69, 9.17) is 4.74 Å². The molecule has 0 spiro atoms. The Morgan fingerprint density at radius 2 is 1.94 bits per heavy atom. The standard InChI is InChI=1S/C24H30F3N3O3/c1-2-3-12-33-21-16-30(19-10-5-4-6-11-19)15-20(21)29-22(31)14-28-23(32)17-8-7-9-18(13-17)24(25,26)27/h7-9,13,19-21H,4-6,10-12,14-16H2,1H3,(H,28,32)(H,29,31)/t20-,21-/m0/s1. The van der Waals surface area contributed by atoms with Crippen LogP contribution in [0, 0.1) is 11.8 Å². The Kier molecular flexibility index (Phi) is 8.75. The predicted molar refractivity (Wildman–Crippen MR) is 117 cm³/mol. The van der Waals surface area contributed by atoms with Crippen LogP contribution in [0.25, 0.3) is 0 Å². The second-order valence-electron chi connectivity index (χ2n) is 8.46. The highest BCUT2D eigenvalue weighted by molar-refractivity contribution is 5.96. The Morgan fingerprint density at radius 3 is 2.64 bits per heavy atom. The molecular weight excluding hydrogens is 435 g/mol. The molecule has 1 saturated carbocycles. The fourth-order valence-electron chi connectivity index (χ4n) is 4.43. The van der Waals surface area contributed by atoms with Gasteiger partial charge in [0.05, 0.1) is 24.3 Å². The average Bonchev–Trinajstić information content (AvgIpc) is 3.20. The van der Waals surface area contributed by atoms with Crippen molar-refractivity contribution in [2.24, 2.45) is 0 Å². The van der Waals surface area contributed by atoms with Crippen LogP contribution in [0.15, 0.2) is 24.3 Å². The van der Waals surface area contributed by atoms with Crippen LogP contribution in [0.3, 0.4) is 0 Å². The molecule has 2 N–H and O–H groups in total. The molecule has 2 amide bonds. The molecule has 1 saturated heterocycles. The minimum atomic E-state index is -4.54. The molecule has 180 valence electrons. The largest absolute Gasteiger partial charge is 0.416 e. The molecule has 1 aromatic rings. The molecule has 2 atom stereocenters. The van der Waals surface area contributed by atoms with E-state index in [9.17, 15) is 22.8 Å². The fourth-order valence-corrected chi connectivity index (χ4v) is 4.43. The summed E-state index contributed by atoms with van der Waals surface area (Å²) >= 11 is 0. The first-order valence-electron chi connectivity index (χ1n) is 11.3. The molecule has 2 aliphatic rings. The summed E-state index contributed by atoms with van der Waals surface area (Å²) in [6, 6.07) is 4.33. The van der Waals surface area contributed by atoms with Crippen molar-refractivity contribution in [3.63, 3.8) is 0 Å². The lowest BCUT2D eigenvalue weighted by atomic mass is 9.94. The maximum Gasteiger partial charge on any atom is 0.416 e. The molecule has 1 aliphatic heterocycles. The number of halogens is 3. The number of alkyl halides is 3. The van der Waals surface area contributed by atoms with E-state index in [1.807, 2.05) is 0 Å². The summed E-state index contributed by atoms with van der Waals surface area (Å²) in [4.78, 5) is 27.1. The average molecular weight is 466 g/mol. The highest BCUT2D eigenvalue weighted by atomic mass is 19.4. The molecule has 0 radical (unpaired) electrons. The van der Waals surface area contributed by atoms with Gasteiger partial charge in [-0.15, -0.1) is 5.92 Å². The van der Waals surface area contributed by atoms with Crippen LogP contribution in [0.5, 0.6) is 0 Å². The van der Waals surface area contributed by atoms with Gasteiger partial charge in [-0.2, -0.15) is 13.2 Å². The van der Waals surface area contributed by atoms with Gasteiger partial charge in [0.15, 0.2) is 0 Å². The minimum absolute atomic E-state index is 0.152. The summed E-state index contributed by atoms with van der Waals surface area (Å²) in [7, 11) is 0. The number of rotatable bonds is 7. The summed E-state index contributed by atoms with van der Waals surface area (Å²) < 4.78 is 44.5. The Hall–Kier alpha value is -2.57. The number of amides is 2. The highest BCUT2D eigenvalue weighted by Crippen LogP contribution is 2.29. The first-order chi connectivity index (χ1) is 15.8. The number of hydrogen-bond donors (Lipinski definition) is 2. The maximum absolute atomic E-state index is 12.9. The van der Waals surface area contributed by atoms with Gasteiger partial charge in [-0.3, -0.25) is 14.5 Å². The summed E-state index contributed by atoms with van der Waals surface area (Å²) in [5.41, 5.74) is -1.06. The van der Waals surface area contributed by atoms with Gasteiger partial charge in [0.1, 0.15) is 6.61 Å². The lowest BCUT2D eigenvalue weighted by Crippen LogP contribution is -2.48. The minimum Gasteiger partial charge on any atom is -0.362 e. The van der Waals surface area contributed by atoms with E-state index in [0.717, 1.165) is 31.0 Å². The van der Waals surface area contributed by atoms with E-state index in [-0.39, 0.29) is 30.9 Å². The quantitative estimate of drug-likeness (QED) is 0.608. The third-order valence-corrected chi connectivity index (χ3v) is 6.14. The third-order valence-electron chi connectivity index (χ3n) is 6.14. The topological polar surface area (TPSA) is 70.7 Å². The van der Waals surface area contributed by atoms with Crippen LogP contribution in [-0.4, -0.2) is 61.1 Å². The Balaban J connectivity index is 1.55.